The minimum Gasteiger partial charge on any atom is -0.371 e. The number of hydrogen-bond acceptors (Lipinski definition) is 1. The summed E-state index contributed by atoms with van der Waals surface area (Å²) in [7, 11) is 0. The Kier molecular flexibility index (Phi) is 6.23. The fourth-order valence-corrected chi connectivity index (χ4v) is 2.55. The van der Waals surface area contributed by atoms with E-state index >= 15 is 0 Å². The fraction of sp³-hybridized carbons (Fsp3) is 0.857. The Morgan fingerprint density at radius 2 is 1.38 bits per heavy atom. The van der Waals surface area contributed by atoms with Crippen LogP contribution >= 0.6 is 0 Å². The average Bonchev–Trinajstić information content (AvgIpc) is 2.83. The van der Waals surface area contributed by atoms with Gasteiger partial charge in [0, 0.05) is 0 Å². The molecule has 12 heteroatoms. The van der Waals surface area contributed by atoms with Gasteiger partial charge in [0.05, 0.1) is 6.10 Å². The van der Waals surface area contributed by atoms with Crippen molar-refractivity contribution in [3.05, 3.63) is 13.3 Å². The molecule has 3 unspecified atom stereocenters. The van der Waals surface area contributed by atoms with Gasteiger partial charge >= 0.3 is 29.9 Å². The molecule has 0 N–H and O–H groups in total. The molecule has 0 aromatic rings. The van der Waals surface area contributed by atoms with Crippen LogP contribution in [0.3, 0.4) is 0 Å². The molecule has 0 aliphatic heterocycles. The molecule has 1 saturated carbocycles. The van der Waals surface area contributed by atoms with E-state index in [9.17, 15) is 48.3 Å². The van der Waals surface area contributed by atoms with Gasteiger partial charge in [-0.05, 0) is 31.1 Å². The molecule has 26 heavy (non-hydrogen) atoms. The molecular weight excluding hydrogens is 393 g/mol. The van der Waals surface area contributed by atoms with Crippen molar-refractivity contribution in [1.29, 1.82) is 0 Å². The third kappa shape index (κ3) is 3.62. The maximum atomic E-state index is 13.5. The number of ether oxygens (including phenoxy) is 1. The predicted octanol–water partition coefficient (Wildman–Crippen LogP) is 5.56. The van der Waals surface area contributed by atoms with E-state index in [1.165, 1.54) is 6.92 Å². The molecule has 0 aromatic heterocycles. The van der Waals surface area contributed by atoms with Crippen LogP contribution in [0.4, 0.5) is 48.3 Å². The maximum Gasteiger partial charge on any atom is 0.460 e. The minimum atomic E-state index is -7.40. The summed E-state index contributed by atoms with van der Waals surface area (Å²) in [5.41, 5.74) is 0. The zero-order valence-corrected chi connectivity index (χ0v) is 13.2. The van der Waals surface area contributed by atoms with Crippen LogP contribution in [0.2, 0.25) is 0 Å². The van der Waals surface area contributed by atoms with Crippen LogP contribution < -0.4 is 0 Å². The van der Waals surface area contributed by atoms with Gasteiger partial charge in [0.1, 0.15) is 6.61 Å². The highest BCUT2D eigenvalue weighted by atomic mass is 19.4. The zero-order valence-electron chi connectivity index (χ0n) is 13.2. The Hall–Kier alpha value is -0.810. The van der Waals surface area contributed by atoms with Gasteiger partial charge in [-0.3, -0.25) is 0 Å². The average molecular weight is 408 g/mol. The summed E-state index contributed by atoms with van der Waals surface area (Å²) in [6.45, 7) is 2.46. The van der Waals surface area contributed by atoms with Gasteiger partial charge in [0.15, 0.2) is 0 Å². The lowest BCUT2D eigenvalue weighted by molar-refractivity contribution is -0.425. The van der Waals surface area contributed by atoms with Crippen molar-refractivity contribution in [3.8, 4) is 0 Å². The zero-order chi connectivity index (χ0) is 20.8. The van der Waals surface area contributed by atoms with Gasteiger partial charge in [-0.25, -0.2) is 0 Å². The van der Waals surface area contributed by atoms with Crippen molar-refractivity contribution in [2.45, 2.75) is 55.7 Å². The lowest BCUT2D eigenvalue weighted by Gasteiger charge is -2.37. The second-order valence-corrected chi connectivity index (χ2v) is 6.08. The van der Waals surface area contributed by atoms with Crippen LogP contribution in [-0.4, -0.2) is 42.6 Å². The molecule has 154 valence electrons. The molecule has 0 spiro atoms. The monoisotopic (exact) mass is 408 g/mol. The Labute approximate surface area is 141 Å². The van der Waals surface area contributed by atoms with E-state index in [0.717, 1.165) is 0 Å². The largest absolute Gasteiger partial charge is 0.460 e. The van der Waals surface area contributed by atoms with E-state index in [4.69, 9.17) is 0 Å². The summed E-state index contributed by atoms with van der Waals surface area (Å²) >= 11 is 0. The Balaban J connectivity index is 3.05. The van der Waals surface area contributed by atoms with Crippen LogP contribution in [0.25, 0.3) is 0 Å². The first kappa shape index (κ1) is 23.2. The Morgan fingerprint density at radius 3 is 1.81 bits per heavy atom. The molecule has 1 fully saturated rings. The van der Waals surface area contributed by atoms with Crippen molar-refractivity contribution in [2.75, 3.05) is 6.61 Å². The molecule has 1 nitrogen and oxygen atoms in total. The van der Waals surface area contributed by atoms with Gasteiger partial charge in [0.25, 0.3) is 0 Å². The van der Waals surface area contributed by atoms with Gasteiger partial charge in [0.2, 0.25) is 0 Å². The molecule has 2 radical (unpaired) electrons. The van der Waals surface area contributed by atoms with Crippen molar-refractivity contribution in [3.63, 3.8) is 0 Å². The van der Waals surface area contributed by atoms with Crippen molar-refractivity contribution >= 4 is 0 Å². The smallest absolute Gasteiger partial charge is 0.371 e. The highest BCUT2D eigenvalue weighted by Crippen LogP contribution is 2.57. The summed E-state index contributed by atoms with van der Waals surface area (Å²) in [5.74, 6) is -28.8. The van der Waals surface area contributed by atoms with Crippen LogP contribution in [-0.2, 0) is 4.74 Å². The number of alkyl halides is 11. The van der Waals surface area contributed by atoms with Crippen LogP contribution in [0.1, 0.15) is 19.8 Å². The molecule has 0 heterocycles. The predicted molar refractivity (Wildman–Crippen MR) is 67.1 cm³/mol. The summed E-state index contributed by atoms with van der Waals surface area (Å²) in [6.07, 6.45) is -6.30. The van der Waals surface area contributed by atoms with E-state index in [-0.39, 0.29) is 6.42 Å². The highest BCUT2D eigenvalue weighted by molar-refractivity contribution is 5.06. The first-order chi connectivity index (χ1) is 11.4. The van der Waals surface area contributed by atoms with E-state index in [0.29, 0.717) is 6.42 Å². The third-order valence-electron chi connectivity index (χ3n) is 4.23. The first-order valence-corrected chi connectivity index (χ1v) is 7.26. The lowest BCUT2D eigenvalue weighted by atomic mass is 9.97. The summed E-state index contributed by atoms with van der Waals surface area (Å²) in [6, 6.07) is 0. The first-order valence-electron chi connectivity index (χ1n) is 7.26. The lowest BCUT2D eigenvalue weighted by Crippen LogP contribution is -2.67. The molecule has 0 aromatic carbocycles. The second kappa shape index (κ2) is 6.97. The van der Waals surface area contributed by atoms with E-state index < -0.39 is 54.4 Å². The van der Waals surface area contributed by atoms with Gasteiger partial charge in [-0.2, -0.15) is 48.3 Å². The van der Waals surface area contributed by atoms with Crippen molar-refractivity contribution < 1.29 is 53.0 Å². The second-order valence-electron chi connectivity index (χ2n) is 6.08. The molecule has 1 aliphatic carbocycles. The van der Waals surface area contributed by atoms with Crippen LogP contribution in [0, 0.1) is 25.2 Å². The standard InChI is InChI=1S/C14H15F11O/c1-3-8-5-4-7(2)9(8)26-6-10(15,16)11(17,18)12(19,20)13(21,22)14(23,24)25/h4,7-9H,1,3,5-6H2,2H3. The minimum absolute atomic E-state index is 0.121. The summed E-state index contributed by atoms with van der Waals surface area (Å²) < 4.78 is 146. The molecule has 0 saturated heterocycles. The highest BCUT2D eigenvalue weighted by Gasteiger charge is 2.87. The van der Waals surface area contributed by atoms with Gasteiger partial charge in [-0.15, -0.1) is 0 Å². The normalized spacial score (nSPS) is 26.4. The summed E-state index contributed by atoms with van der Waals surface area (Å²) in [4.78, 5) is 0. The molecule has 1 aliphatic rings. The van der Waals surface area contributed by atoms with Crippen LogP contribution in [0.5, 0.6) is 0 Å². The van der Waals surface area contributed by atoms with Crippen molar-refractivity contribution in [1.82, 2.24) is 0 Å². The fourth-order valence-electron chi connectivity index (χ4n) is 2.55. The van der Waals surface area contributed by atoms with E-state index in [2.05, 4.69) is 11.7 Å². The van der Waals surface area contributed by atoms with Crippen molar-refractivity contribution in [2.24, 2.45) is 11.8 Å². The summed E-state index contributed by atoms with van der Waals surface area (Å²) in [5, 5.41) is 0. The Morgan fingerprint density at radius 1 is 0.885 bits per heavy atom. The van der Waals surface area contributed by atoms with E-state index in [1.807, 2.05) is 0 Å². The quantitative estimate of drug-likeness (QED) is 0.502. The molecule has 3 atom stereocenters. The third-order valence-corrected chi connectivity index (χ3v) is 4.23. The Bertz CT molecular complexity index is 486. The number of rotatable bonds is 7. The van der Waals surface area contributed by atoms with E-state index in [1.54, 1.807) is 6.42 Å². The van der Waals surface area contributed by atoms with Gasteiger partial charge < -0.3 is 4.74 Å². The topological polar surface area (TPSA) is 9.23 Å². The van der Waals surface area contributed by atoms with Crippen LogP contribution in [0.15, 0.2) is 0 Å². The SMILES string of the molecule is [CH2]CC1C[CH]C(C)C1OCC(F)(F)C(F)(F)C(F)(F)C(F)(F)C(F)(F)F. The maximum absolute atomic E-state index is 13.5. The number of hydrogen-bond donors (Lipinski definition) is 0. The number of halogens is 11. The van der Waals surface area contributed by atoms with Gasteiger partial charge in [-0.1, -0.05) is 13.8 Å². The molecule has 1 rings (SSSR count). The molecule has 0 bridgehead atoms. The molecular formula is C14H15F11O. The molecule has 0 amide bonds.